The zero-order valence-corrected chi connectivity index (χ0v) is 12.5. The molecule has 1 atom stereocenters. The van der Waals surface area contributed by atoms with Crippen LogP contribution < -0.4 is 10.1 Å². The first-order chi connectivity index (χ1) is 10.2. The van der Waals surface area contributed by atoms with E-state index in [1.165, 1.54) is 0 Å². The minimum atomic E-state index is -0.0674. The number of piperidine rings is 1. The minimum Gasteiger partial charge on any atom is -0.497 e. The lowest BCUT2D eigenvalue weighted by Crippen LogP contribution is -2.50. The van der Waals surface area contributed by atoms with E-state index in [2.05, 4.69) is 5.32 Å². The molecule has 1 aliphatic rings. The Labute approximate surface area is 125 Å². The van der Waals surface area contributed by atoms with Gasteiger partial charge in [-0.25, -0.2) is 4.79 Å². The van der Waals surface area contributed by atoms with E-state index >= 15 is 0 Å². The molecule has 1 saturated heterocycles. The van der Waals surface area contributed by atoms with Crippen LogP contribution >= 0.6 is 0 Å². The third kappa shape index (κ3) is 4.36. The second kappa shape index (κ2) is 7.88. The smallest absolute Gasteiger partial charge is 0.317 e. The molecule has 0 bridgehead atoms. The van der Waals surface area contributed by atoms with Crippen molar-refractivity contribution in [1.82, 2.24) is 10.2 Å². The lowest BCUT2D eigenvalue weighted by Gasteiger charge is -2.34. The largest absolute Gasteiger partial charge is 0.497 e. The highest BCUT2D eigenvalue weighted by Gasteiger charge is 2.25. The van der Waals surface area contributed by atoms with Gasteiger partial charge in [0, 0.05) is 13.1 Å². The topological polar surface area (TPSA) is 61.8 Å². The molecule has 1 aromatic rings. The Morgan fingerprint density at radius 2 is 2.14 bits per heavy atom. The molecule has 0 aromatic heterocycles. The van der Waals surface area contributed by atoms with Gasteiger partial charge in [0.2, 0.25) is 0 Å². The molecule has 5 nitrogen and oxygen atoms in total. The van der Waals surface area contributed by atoms with Crippen LogP contribution in [0.15, 0.2) is 24.3 Å². The molecule has 1 aliphatic heterocycles. The van der Waals surface area contributed by atoms with Gasteiger partial charge < -0.3 is 20.1 Å². The summed E-state index contributed by atoms with van der Waals surface area (Å²) in [6.07, 6.45) is 3.78. The number of carbonyl (C=O) groups is 1. The van der Waals surface area contributed by atoms with Gasteiger partial charge in [-0.3, -0.25) is 0 Å². The van der Waals surface area contributed by atoms with Gasteiger partial charge in [0.1, 0.15) is 5.75 Å². The molecule has 2 rings (SSSR count). The van der Waals surface area contributed by atoms with Crippen LogP contribution in [0.3, 0.4) is 0 Å². The second-order valence-electron chi connectivity index (χ2n) is 5.36. The maximum Gasteiger partial charge on any atom is 0.317 e. The third-order valence-corrected chi connectivity index (χ3v) is 3.95. The zero-order valence-electron chi connectivity index (χ0n) is 12.5. The number of hydrogen-bond donors (Lipinski definition) is 2. The summed E-state index contributed by atoms with van der Waals surface area (Å²) in [5.74, 6) is 0.835. The molecule has 116 valence electrons. The van der Waals surface area contributed by atoms with Crippen molar-refractivity contribution < 1.29 is 14.6 Å². The Bertz CT molecular complexity index is 447. The quantitative estimate of drug-likeness (QED) is 0.870. The summed E-state index contributed by atoms with van der Waals surface area (Å²) in [6.45, 7) is 1.38. The monoisotopic (exact) mass is 292 g/mol. The molecular weight excluding hydrogens is 268 g/mol. The number of benzene rings is 1. The van der Waals surface area contributed by atoms with E-state index in [0.29, 0.717) is 6.54 Å². The lowest BCUT2D eigenvalue weighted by atomic mass is 10.0. The molecule has 0 saturated carbocycles. The van der Waals surface area contributed by atoms with E-state index in [1.807, 2.05) is 24.3 Å². The fourth-order valence-corrected chi connectivity index (χ4v) is 2.67. The summed E-state index contributed by atoms with van der Waals surface area (Å²) in [4.78, 5) is 13.9. The van der Waals surface area contributed by atoms with Crippen LogP contribution in [-0.2, 0) is 6.42 Å². The van der Waals surface area contributed by atoms with Crippen LogP contribution in [0.1, 0.15) is 24.8 Å². The van der Waals surface area contributed by atoms with E-state index in [-0.39, 0.29) is 18.7 Å². The van der Waals surface area contributed by atoms with Crippen molar-refractivity contribution >= 4 is 6.03 Å². The first-order valence-electron chi connectivity index (χ1n) is 7.53. The highest BCUT2D eigenvalue weighted by molar-refractivity contribution is 5.74. The average molecular weight is 292 g/mol. The van der Waals surface area contributed by atoms with E-state index in [4.69, 9.17) is 4.74 Å². The molecule has 0 aliphatic carbocycles. The Morgan fingerprint density at radius 1 is 1.38 bits per heavy atom. The highest BCUT2D eigenvalue weighted by Crippen LogP contribution is 2.16. The normalized spacial score (nSPS) is 18.4. The van der Waals surface area contributed by atoms with Crippen molar-refractivity contribution in [2.75, 3.05) is 26.8 Å². The highest BCUT2D eigenvalue weighted by atomic mass is 16.5. The van der Waals surface area contributed by atoms with Crippen LogP contribution in [0.5, 0.6) is 5.75 Å². The lowest BCUT2D eigenvalue weighted by molar-refractivity contribution is 0.108. The number of urea groups is 1. The van der Waals surface area contributed by atoms with Crippen molar-refractivity contribution in [2.45, 2.75) is 31.7 Å². The standard InChI is InChI=1S/C16H24N2O3/c1-21-15-7-5-13(6-8-15)9-10-17-16(20)18-11-3-2-4-14(18)12-19/h5-8,14,19H,2-4,9-12H2,1H3,(H,17,20). The van der Waals surface area contributed by atoms with Crippen LogP contribution in [0, 0.1) is 0 Å². The number of rotatable bonds is 5. The average Bonchev–Trinajstić information content (AvgIpc) is 2.55. The predicted molar refractivity (Wildman–Crippen MR) is 81.5 cm³/mol. The Hall–Kier alpha value is -1.75. The molecule has 0 radical (unpaired) electrons. The van der Waals surface area contributed by atoms with Crippen LogP contribution in [0.25, 0.3) is 0 Å². The molecule has 1 unspecified atom stereocenters. The summed E-state index contributed by atoms with van der Waals surface area (Å²) in [5, 5.41) is 12.3. The van der Waals surface area contributed by atoms with Crippen LogP contribution in [-0.4, -0.2) is 48.9 Å². The molecule has 1 heterocycles. The van der Waals surface area contributed by atoms with Crippen molar-refractivity contribution in [3.63, 3.8) is 0 Å². The summed E-state index contributed by atoms with van der Waals surface area (Å²) in [7, 11) is 1.64. The van der Waals surface area contributed by atoms with Gasteiger partial charge in [-0.2, -0.15) is 0 Å². The van der Waals surface area contributed by atoms with Gasteiger partial charge in [-0.05, 0) is 43.4 Å². The summed E-state index contributed by atoms with van der Waals surface area (Å²) < 4.78 is 5.12. The second-order valence-corrected chi connectivity index (χ2v) is 5.36. The minimum absolute atomic E-state index is 0.0280. The number of carbonyl (C=O) groups excluding carboxylic acids is 1. The van der Waals surface area contributed by atoms with Crippen LogP contribution in [0.4, 0.5) is 4.79 Å². The molecule has 1 fully saturated rings. The van der Waals surface area contributed by atoms with Gasteiger partial charge in [-0.15, -0.1) is 0 Å². The molecular formula is C16H24N2O3. The maximum atomic E-state index is 12.1. The van der Waals surface area contributed by atoms with Crippen LogP contribution in [0.2, 0.25) is 0 Å². The molecule has 2 amide bonds. The van der Waals surface area contributed by atoms with Crippen molar-refractivity contribution in [2.24, 2.45) is 0 Å². The van der Waals surface area contributed by atoms with E-state index in [9.17, 15) is 9.90 Å². The molecule has 21 heavy (non-hydrogen) atoms. The maximum absolute atomic E-state index is 12.1. The Balaban J connectivity index is 1.77. The number of nitrogens with one attached hydrogen (secondary N) is 1. The van der Waals surface area contributed by atoms with Gasteiger partial charge in [-0.1, -0.05) is 12.1 Å². The fraction of sp³-hybridized carbons (Fsp3) is 0.562. The van der Waals surface area contributed by atoms with E-state index in [1.54, 1.807) is 12.0 Å². The number of amides is 2. The molecule has 2 N–H and O–H groups in total. The number of aliphatic hydroxyl groups is 1. The summed E-state index contributed by atoms with van der Waals surface area (Å²) in [5.41, 5.74) is 1.16. The zero-order chi connectivity index (χ0) is 15.1. The Morgan fingerprint density at radius 3 is 2.81 bits per heavy atom. The number of methoxy groups -OCH3 is 1. The summed E-state index contributed by atoms with van der Waals surface area (Å²) in [6, 6.07) is 7.75. The van der Waals surface area contributed by atoms with Gasteiger partial charge >= 0.3 is 6.03 Å². The number of nitrogens with zero attached hydrogens (tertiary/aromatic N) is 1. The van der Waals surface area contributed by atoms with Crippen molar-refractivity contribution in [3.05, 3.63) is 29.8 Å². The van der Waals surface area contributed by atoms with Crippen molar-refractivity contribution in [1.29, 1.82) is 0 Å². The fourth-order valence-electron chi connectivity index (χ4n) is 2.67. The van der Waals surface area contributed by atoms with Crippen molar-refractivity contribution in [3.8, 4) is 5.75 Å². The Kier molecular flexibility index (Phi) is 5.87. The SMILES string of the molecule is COc1ccc(CCNC(=O)N2CCCCC2CO)cc1. The van der Waals surface area contributed by atoms with Gasteiger partial charge in [0.25, 0.3) is 0 Å². The summed E-state index contributed by atoms with van der Waals surface area (Å²) >= 11 is 0. The number of ether oxygens (including phenoxy) is 1. The molecule has 5 heteroatoms. The molecule has 1 aromatic carbocycles. The molecule has 0 spiro atoms. The predicted octanol–water partition coefficient (Wildman–Crippen LogP) is 1.79. The van der Waals surface area contributed by atoms with E-state index in [0.717, 1.165) is 43.5 Å². The number of likely N-dealkylation sites (tertiary alicyclic amines) is 1. The number of aliphatic hydroxyl groups excluding tert-OH is 1. The third-order valence-electron chi connectivity index (χ3n) is 3.95. The van der Waals surface area contributed by atoms with Gasteiger partial charge in [0.15, 0.2) is 0 Å². The first kappa shape index (κ1) is 15.6. The number of hydrogen-bond acceptors (Lipinski definition) is 3. The van der Waals surface area contributed by atoms with E-state index < -0.39 is 0 Å². The van der Waals surface area contributed by atoms with Gasteiger partial charge in [0.05, 0.1) is 19.8 Å². The first-order valence-corrected chi connectivity index (χ1v) is 7.53.